The normalized spacial score (nSPS) is 12.3. The number of amides is 1. The first-order valence-corrected chi connectivity index (χ1v) is 10.7. The minimum atomic E-state index is -0.119. The number of benzene rings is 2. The van der Waals surface area contributed by atoms with Crippen LogP contribution in [0.25, 0.3) is 21.8 Å². The molecule has 30 heavy (non-hydrogen) atoms. The van der Waals surface area contributed by atoms with E-state index in [2.05, 4.69) is 51.1 Å². The van der Waals surface area contributed by atoms with Gasteiger partial charge in [0.15, 0.2) is 0 Å². The van der Waals surface area contributed by atoms with Gasteiger partial charge < -0.3 is 20.0 Å². The highest BCUT2D eigenvalue weighted by Gasteiger charge is 2.20. The molecule has 2 aromatic carbocycles. The fourth-order valence-electron chi connectivity index (χ4n) is 3.88. The standard InChI is InChI=1S/C24H21N3O2S/c1-29-16-9-8-15-11-22(27-21(15)12-16)24(28)26-14-19(23-7-4-10-30-23)18-13-25-20-6-3-2-5-17(18)20/h2-13,19,25,27H,14H2,1H3,(H,26,28). The van der Waals surface area contributed by atoms with Gasteiger partial charge >= 0.3 is 0 Å². The molecule has 0 saturated heterocycles. The first-order valence-electron chi connectivity index (χ1n) is 9.77. The van der Waals surface area contributed by atoms with Crippen molar-refractivity contribution in [2.24, 2.45) is 0 Å². The van der Waals surface area contributed by atoms with Crippen molar-refractivity contribution in [3.8, 4) is 5.75 Å². The summed E-state index contributed by atoms with van der Waals surface area (Å²) < 4.78 is 5.27. The number of thiophene rings is 1. The Kier molecular flexibility index (Phi) is 4.77. The lowest BCUT2D eigenvalue weighted by Crippen LogP contribution is -2.28. The maximum atomic E-state index is 12.9. The van der Waals surface area contributed by atoms with E-state index in [1.54, 1.807) is 18.4 Å². The number of carbonyl (C=O) groups is 1. The summed E-state index contributed by atoms with van der Waals surface area (Å²) in [6.45, 7) is 0.514. The Labute approximate surface area is 177 Å². The number of fused-ring (bicyclic) bond motifs is 2. The van der Waals surface area contributed by atoms with Crippen LogP contribution in [0.15, 0.2) is 72.2 Å². The summed E-state index contributed by atoms with van der Waals surface area (Å²) in [5.74, 6) is 0.717. The summed E-state index contributed by atoms with van der Waals surface area (Å²) >= 11 is 1.71. The van der Waals surface area contributed by atoms with Crippen LogP contribution in [-0.4, -0.2) is 29.5 Å². The van der Waals surface area contributed by atoms with Gasteiger partial charge in [0.05, 0.1) is 7.11 Å². The summed E-state index contributed by atoms with van der Waals surface area (Å²) in [6.07, 6.45) is 2.05. The van der Waals surface area contributed by atoms with Crippen LogP contribution in [0.3, 0.4) is 0 Å². The smallest absolute Gasteiger partial charge is 0.267 e. The number of H-pyrrole nitrogens is 2. The molecule has 1 amide bonds. The molecule has 0 fully saturated rings. The molecular formula is C24H21N3O2S. The third kappa shape index (κ3) is 3.35. The molecule has 3 heterocycles. The maximum absolute atomic E-state index is 12.9. The van der Waals surface area contributed by atoms with Crippen molar-refractivity contribution in [2.45, 2.75) is 5.92 Å². The van der Waals surface area contributed by atoms with Crippen molar-refractivity contribution in [1.29, 1.82) is 0 Å². The summed E-state index contributed by atoms with van der Waals surface area (Å²) in [5, 5.41) is 7.36. The molecule has 5 aromatic rings. The van der Waals surface area contributed by atoms with Crippen LogP contribution in [0.1, 0.15) is 26.8 Å². The Morgan fingerprint density at radius 3 is 2.83 bits per heavy atom. The van der Waals surface area contributed by atoms with E-state index in [0.29, 0.717) is 12.2 Å². The zero-order valence-electron chi connectivity index (χ0n) is 16.4. The third-order valence-corrected chi connectivity index (χ3v) is 6.41. The molecule has 0 aliphatic rings. The number of rotatable bonds is 6. The van der Waals surface area contributed by atoms with Gasteiger partial charge in [-0.1, -0.05) is 24.3 Å². The van der Waals surface area contributed by atoms with Gasteiger partial charge in [-0.25, -0.2) is 0 Å². The van der Waals surface area contributed by atoms with Gasteiger partial charge in [0, 0.05) is 51.4 Å². The first-order chi connectivity index (χ1) is 14.7. The Morgan fingerprint density at radius 1 is 1.10 bits per heavy atom. The second-order valence-electron chi connectivity index (χ2n) is 7.20. The third-order valence-electron chi connectivity index (χ3n) is 5.42. The average molecular weight is 416 g/mol. The van der Waals surface area contributed by atoms with Crippen LogP contribution in [0.5, 0.6) is 5.75 Å². The van der Waals surface area contributed by atoms with E-state index in [1.807, 2.05) is 36.4 Å². The average Bonchev–Trinajstić information content (AvgIpc) is 3.53. The molecule has 150 valence electrons. The Hall–Kier alpha value is -3.51. The topological polar surface area (TPSA) is 69.9 Å². The molecule has 0 aliphatic heterocycles. The van der Waals surface area contributed by atoms with E-state index in [0.717, 1.165) is 22.2 Å². The van der Waals surface area contributed by atoms with E-state index >= 15 is 0 Å². The quantitative estimate of drug-likeness (QED) is 0.353. The number of hydrogen-bond acceptors (Lipinski definition) is 3. The van der Waals surface area contributed by atoms with Gasteiger partial charge in [-0.15, -0.1) is 11.3 Å². The summed E-state index contributed by atoms with van der Waals surface area (Å²) in [4.78, 5) is 20.7. The number of ether oxygens (including phenoxy) is 1. The van der Waals surface area contributed by atoms with E-state index in [4.69, 9.17) is 4.74 Å². The van der Waals surface area contributed by atoms with E-state index < -0.39 is 0 Å². The van der Waals surface area contributed by atoms with Gasteiger partial charge in [0.1, 0.15) is 11.4 Å². The molecular weight excluding hydrogens is 394 g/mol. The van der Waals surface area contributed by atoms with Crippen LogP contribution in [0.4, 0.5) is 0 Å². The van der Waals surface area contributed by atoms with E-state index in [-0.39, 0.29) is 11.8 Å². The second-order valence-corrected chi connectivity index (χ2v) is 8.18. The fourth-order valence-corrected chi connectivity index (χ4v) is 4.73. The van der Waals surface area contributed by atoms with Crippen molar-refractivity contribution in [3.63, 3.8) is 0 Å². The number of aromatic nitrogens is 2. The number of carbonyl (C=O) groups excluding carboxylic acids is 1. The van der Waals surface area contributed by atoms with Crippen LogP contribution in [0, 0.1) is 0 Å². The lowest BCUT2D eigenvalue weighted by Gasteiger charge is -2.16. The Bertz CT molecular complexity index is 1320. The zero-order chi connectivity index (χ0) is 20.5. The summed E-state index contributed by atoms with van der Waals surface area (Å²) in [7, 11) is 1.63. The number of nitrogens with one attached hydrogen (secondary N) is 3. The minimum Gasteiger partial charge on any atom is -0.497 e. The number of methoxy groups -OCH3 is 1. The van der Waals surface area contributed by atoms with Gasteiger partial charge in [-0.3, -0.25) is 4.79 Å². The Balaban J connectivity index is 1.41. The van der Waals surface area contributed by atoms with Crippen molar-refractivity contribution in [2.75, 3.05) is 13.7 Å². The highest BCUT2D eigenvalue weighted by Crippen LogP contribution is 2.33. The molecule has 0 radical (unpaired) electrons. The van der Waals surface area contributed by atoms with Gasteiger partial charge in [0.2, 0.25) is 0 Å². The molecule has 0 spiro atoms. The fraction of sp³-hybridized carbons (Fsp3) is 0.125. The predicted octanol–water partition coefficient (Wildman–Crippen LogP) is 5.28. The van der Waals surface area contributed by atoms with E-state index in [9.17, 15) is 4.79 Å². The maximum Gasteiger partial charge on any atom is 0.267 e. The molecule has 0 aliphatic carbocycles. The molecule has 0 saturated carbocycles. The van der Waals surface area contributed by atoms with Crippen LogP contribution >= 0.6 is 11.3 Å². The van der Waals surface area contributed by atoms with Crippen molar-refractivity contribution in [3.05, 3.63) is 88.4 Å². The molecule has 5 rings (SSSR count). The lowest BCUT2D eigenvalue weighted by molar-refractivity contribution is 0.0948. The highest BCUT2D eigenvalue weighted by atomic mass is 32.1. The van der Waals surface area contributed by atoms with Gasteiger partial charge in [-0.2, -0.15) is 0 Å². The Morgan fingerprint density at radius 2 is 2.00 bits per heavy atom. The highest BCUT2D eigenvalue weighted by molar-refractivity contribution is 7.10. The van der Waals surface area contributed by atoms with E-state index in [1.165, 1.54) is 15.8 Å². The van der Waals surface area contributed by atoms with Gasteiger partial charge in [0.25, 0.3) is 5.91 Å². The number of hydrogen-bond donors (Lipinski definition) is 3. The van der Waals surface area contributed by atoms with Crippen molar-refractivity contribution >= 4 is 39.0 Å². The SMILES string of the molecule is COc1ccc2cc(C(=O)NCC(c3cccs3)c3c[nH]c4ccccc34)[nH]c2c1. The molecule has 1 unspecified atom stereocenters. The molecule has 5 nitrogen and oxygen atoms in total. The first kappa shape index (κ1) is 18.5. The lowest BCUT2D eigenvalue weighted by atomic mass is 9.96. The minimum absolute atomic E-state index is 0.0783. The van der Waals surface area contributed by atoms with Crippen LogP contribution in [-0.2, 0) is 0 Å². The largest absolute Gasteiger partial charge is 0.497 e. The van der Waals surface area contributed by atoms with Crippen molar-refractivity contribution in [1.82, 2.24) is 15.3 Å². The molecule has 6 heteroatoms. The van der Waals surface area contributed by atoms with Crippen LogP contribution < -0.4 is 10.1 Å². The molecule has 3 aromatic heterocycles. The summed E-state index contributed by atoms with van der Waals surface area (Å²) in [5.41, 5.74) is 3.72. The monoisotopic (exact) mass is 415 g/mol. The van der Waals surface area contributed by atoms with Crippen molar-refractivity contribution < 1.29 is 9.53 Å². The second kappa shape index (κ2) is 7.72. The van der Waals surface area contributed by atoms with Gasteiger partial charge in [-0.05, 0) is 41.3 Å². The molecule has 0 bridgehead atoms. The predicted molar refractivity (Wildman–Crippen MR) is 122 cm³/mol. The number of para-hydroxylation sites is 1. The number of aromatic amines is 2. The summed E-state index contributed by atoms with van der Waals surface area (Å²) in [6, 6.07) is 20.0. The van der Waals surface area contributed by atoms with Crippen LogP contribution in [0.2, 0.25) is 0 Å². The molecule has 3 N–H and O–H groups in total. The molecule has 1 atom stereocenters. The zero-order valence-corrected chi connectivity index (χ0v) is 17.3.